The summed E-state index contributed by atoms with van der Waals surface area (Å²) in [6.45, 7) is 2.35. The van der Waals surface area contributed by atoms with E-state index in [1.165, 1.54) is 0 Å². The summed E-state index contributed by atoms with van der Waals surface area (Å²) < 4.78 is 5.69. The fraction of sp³-hybridized carbons (Fsp3) is 0.143. The van der Waals surface area contributed by atoms with E-state index in [2.05, 4.69) is 11.1 Å². The van der Waals surface area contributed by atoms with Crippen molar-refractivity contribution < 1.29 is 4.74 Å². The molecule has 18 heavy (non-hydrogen) atoms. The van der Waals surface area contributed by atoms with Gasteiger partial charge in [-0.2, -0.15) is 5.26 Å². The fourth-order valence-electron chi connectivity index (χ4n) is 1.57. The summed E-state index contributed by atoms with van der Waals surface area (Å²) in [7, 11) is 0. The molecule has 0 fully saturated rings. The highest BCUT2D eigenvalue weighted by molar-refractivity contribution is 5.42. The summed E-state index contributed by atoms with van der Waals surface area (Å²) in [6.07, 6.45) is 1.65. The second-order valence-corrected chi connectivity index (χ2v) is 3.97. The quantitative estimate of drug-likeness (QED) is 0.892. The molecule has 4 nitrogen and oxygen atoms in total. The van der Waals surface area contributed by atoms with Gasteiger partial charge in [-0.15, -0.1) is 0 Å². The number of hydrogen-bond donors (Lipinski definition) is 1. The average Bonchev–Trinajstić information content (AvgIpc) is 2.38. The Bertz CT molecular complexity index is 602. The molecule has 0 radical (unpaired) electrons. The molecule has 0 saturated heterocycles. The summed E-state index contributed by atoms with van der Waals surface area (Å²) in [5.41, 5.74) is 8.13. The van der Waals surface area contributed by atoms with Gasteiger partial charge in [0.1, 0.15) is 18.2 Å². The lowest BCUT2D eigenvalue weighted by Crippen LogP contribution is -1.99. The number of rotatable bonds is 3. The van der Waals surface area contributed by atoms with Crippen LogP contribution >= 0.6 is 0 Å². The molecule has 2 N–H and O–H groups in total. The number of nitriles is 1. The molecule has 1 aromatic heterocycles. The first-order valence-electron chi connectivity index (χ1n) is 5.53. The van der Waals surface area contributed by atoms with Gasteiger partial charge in [0.25, 0.3) is 0 Å². The van der Waals surface area contributed by atoms with Gasteiger partial charge < -0.3 is 10.5 Å². The van der Waals surface area contributed by atoms with Crippen molar-refractivity contribution in [1.29, 1.82) is 5.26 Å². The topological polar surface area (TPSA) is 71.9 Å². The smallest absolute Gasteiger partial charge is 0.124 e. The zero-order valence-corrected chi connectivity index (χ0v) is 10.1. The van der Waals surface area contributed by atoms with Crippen LogP contribution in [0.4, 0.5) is 5.82 Å². The minimum atomic E-state index is 0.405. The maximum atomic E-state index is 8.84. The molecule has 0 bridgehead atoms. The van der Waals surface area contributed by atoms with Gasteiger partial charge in [0, 0.05) is 6.20 Å². The van der Waals surface area contributed by atoms with Crippen LogP contribution in [0, 0.1) is 18.3 Å². The lowest BCUT2D eigenvalue weighted by molar-refractivity contribution is 0.304. The highest BCUT2D eigenvalue weighted by atomic mass is 16.5. The molecule has 2 rings (SSSR count). The predicted molar refractivity (Wildman–Crippen MR) is 68.9 cm³/mol. The summed E-state index contributed by atoms with van der Waals surface area (Å²) in [5.74, 6) is 1.18. The number of hydrogen-bond acceptors (Lipinski definition) is 4. The maximum Gasteiger partial charge on any atom is 0.124 e. The number of aromatic nitrogens is 1. The fourth-order valence-corrected chi connectivity index (χ4v) is 1.57. The van der Waals surface area contributed by atoms with Crippen LogP contribution in [-0.2, 0) is 6.61 Å². The van der Waals surface area contributed by atoms with Gasteiger partial charge >= 0.3 is 0 Å². The Labute approximate surface area is 106 Å². The lowest BCUT2D eigenvalue weighted by Gasteiger charge is -2.09. The molecule has 4 heteroatoms. The van der Waals surface area contributed by atoms with E-state index < -0.39 is 0 Å². The normalized spacial score (nSPS) is 9.78. The second kappa shape index (κ2) is 5.19. The maximum absolute atomic E-state index is 8.84. The first-order chi connectivity index (χ1) is 8.69. The first kappa shape index (κ1) is 11.9. The van der Waals surface area contributed by atoms with E-state index in [0.29, 0.717) is 23.7 Å². The Morgan fingerprint density at radius 1 is 1.33 bits per heavy atom. The summed E-state index contributed by atoms with van der Waals surface area (Å²) >= 11 is 0. The van der Waals surface area contributed by atoms with Crippen LogP contribution in [0.3, 0.4) is 0 Å². The molecule has 0 saturated carbocycles. The SMILES string of the molecule is Cc1ccc(C#N)cc1OCc1ccnc(N)c1. The standard InChI is InChI=1S/C14H13N3O/c1-10-2-3-11(8-15)6-13(10)18-9-12-4-5-17-14(16)7-12/h2-7H,9H2,1H3,(H2,16,17). The zero-order chi connectivity index (χ0) is 13.0. The number of nitrogen functional groups attached to an aromatic ring is 1. The average molecular weight is 239 g/mol. The van der Waals surface area contributed by atoms with Gasteiger partial charge in [0.15, 0.2) is 0 Å². The minimum Gasteiger partial charge on any atom is -0.489 e. The van der Waals surface area contributed by atoms with E-state index in [9.17, 15) is 0 Å². The van der Waals surface area contributed by atoms with Crippen molar-refractivity contribution >= 4 is 5.82 Å². The van der Waals surface area contributed by atoms with Crippen molar-refractivity contribution in [1.82, 2.24) is 4.98 Å². The minimum absolute atomic E-state index is 0.405. The number of ether oxygens (including phenoxy) is 1. The van der Waals surface area contributed by atoms with Crippen LogP contribution in [0.1, 0.15) is 16.7 Å². The van der Waals surface area contributed by atoms with Crippen LogP contribution in [0.15, 0.2) is 36.5 Å². The summed E-state index contributed by atoms with van der Waals surface area (Å²) in [4.78, 5) is 3.92. The molecule has 0 aliphatic carbocycles. The molecule has 0 amide bonds. The number of benzene rings is 1. The molecule has 2 aromatic rings. The predicted octanol–water partition coefficient (Wildman–Crippen LogP) is 2.42. The van der Waals surface area contributed by atoms with Crippen LogP contribution in [0.2, 0.25) is 0 Å². The number of nitrogens with two attached hydrogens (primary N) is 1. The second-order valence-electron chi connectivity index (χ2n) is 3.97. The summed E-state index contributed by atoms with van der Waals surface area (Å²) in [5, 5.41) is 8.84. The molecule has 0 aliphatic heterocycles. The lowest BCUT2D eigenvalue weighted by atomic mass is 10.1. The van der Waals surface area contributed by atoms with Crippen molar-refractivity contribution in [2.45, 2.75) is 13.5 Å². The van der Waals surface area contributed by atoms with Crippen molar-refractivity contribution in [2.75, 3.05) is 5.73 Å². The number of pyridine rings is 1. The van der Waals surface area contributed by atoms with Crippen LogP contribution in [-0.4, -0.2) is 4.98 Å². The molecule has 0 unspecified atom stereocenters. The Morgan fingerprint density at radius 2 is 2.17 bits per heavy atom. The van der Waals surface area contributed by atoms with Gasteiger partial charge in [0.2, 0.25) is 0 Å². The van der Waals surface area contributed by atoms with Crippen LogP contribution < -0.4 is 10.5 Å². The Balaban J connectivity index is 2.13. The zero-order valence-electron chi connectivity index (χ0n) is 10.1. The Kier molecular flexibility index (Phi) is 3.44. The molecule has 1 heterocycles. The third kappa shape index (κ3) is 2.77. The third-order valence-corrected chi connectivity index (χ3v) is 2.56. The van der Waals surface area contributed by atoms with E-state index in [1.807, 2.05) is 19.1 Å². The number of anilines is 1. The Hall–Kier alpha value is -2.54. The van der Waals surface area contributed by atoms with Crippen molar-refractivity contribution in [3.63, 3.8) is 0 Å². The van der Waals surface area contributed by atoms with Crippen molar-refractivity contribution in [2.24, 2.45) is 0 Å². The molecular formula is C14H13N3O. The van der Waals surface area contributed by atoms with E-state index >= 15 is 0 Å². The molecule has 1 aromatic carbocycles. The number of aryl methyl sites for hydroxylation is 1. The van der Waals surface area contributed by atoms with Crippen LogP contribution in [0.25, 0.3) is 0 Å². The third-order valence-electron chi connectivity index (χ3n) is 2.56. The molecule has 0 aliphatic rings. The summed E-state index contributed by atoms with van der Waals surface area (Å²) in [6, 6.07) is 11.1. The van der Waals surface area contributed by atoms with Gasteiger partial charge in [-0.05, 0) is 42.3 Å². The highest BCUT2D eigenvalue weighted by Gasteiger charge is 2.02. The molecule has 90 valence electrons. The van der Waals surface area contributed by atoms with Gasteiger partial charge in [-0.3, -0.25) is 0 Å². The van der Waals surface area contributed by atoms with E-state index in [-0.39, 0.29) is 0 Å². The van der Waals surface area contributed by atoms with Gasteiger partial charge in [-0.25, -0.2) is 4.98 Å². The van der Waals surface area contributed by atoms with E-state index in [1.54, 1.807) is 24.4 Å². The van der Waals surface area contributed by atoms with Crippen LogP contribution in [0.5, 0.6) is 5.75 Å². The molecular weight excluding hydrogens is 226 g/mol. The first-order valence-corrected chi connectivity index (χ1v) is 5.53. The van der Waals surface area contributed by atoms with Gasteiger partial charge in [-0.1, -0.05) is 6.07 Å². The number of nitrogens with zero attached hydrogens (tertiary/aromatic N) is 2. The molecule has 0 atom stereocenters. The van der Waals surface area contributed by atoms with Crippen molar-refractivity contribution in [3.05, 3.63) is 53.2 Å². The highest BCUT2D eigenvalue weighted by Crippen LogP contribution is 2.20. The largest absolute Gasteiger partial charge is 0.489 e. The Morgan fingerprint density at radius 3 is 2.89 bits per heavy atom. The van der Waals surface area contributed by atoms with Gasteiger partial charge in [0.05, 0.1) is 11.6 Å². The monoisotopic (exact) mass is 239 g/mol. The van der Waals surface area contributed by atoms with Crippen molar-refractivity contribution in [3.8, 4) is 11.8 Å². The molecule has 0 spiro atoms. The van der Waals surface area contributed by atoms with E-state index in [0.717, 1.165) is 11.1 Å². The van der Waals surface area contributed by atoms with E-state index in [4.69, 9.17) is 15.7 Å².